The van der Waals surface area contributed by atoms with E-state index in [2.05, 4.69) is 20.6 Å². The number of carbonyl (C=O) groups is 2. The van der Waals surface area contributed by atoms with Crippen LogP contribution in [0.15, 0.2) is 60.9 Å². The molecule has 0 bridgehead atoms. The van der Waals surface area contributed by atoms with Crippen LogP contribution in [0.5, 0.6) is 0 Å². The van der Waals surface area contributed by atoms with Gasteiger partial charge in [-0.05, 0) is 55.3 Å². The average molecular weight is 556 g/mol. The molecule has 1 fully saturated rings. The number of nitrogens with zero attached hydrogens (tertiary/aromatic N) is 7. The molecular weight excluding hydrogens is 532 g/mol. The van der Waals surface area contributed by atoms with Crippen LogP contribution in [0.1, 0.15) is 28.9 Å². The molecule has 41 heavy (non-hydrogen) atoms. The molecule has 5 heterocycles. The summed E-state index contributed by atoms with van der Waals surface area (Å²) in [5, 5.41) is 15.3. The minimum absolute atomic E-state index is 0.105. The minimum Gasteiger partial charge on any atom is -0.335 e. The first-order valence-corrected chi connectivity index (χ1v) is 13.1. The highest BCUT2D eigenvalue weighted by atomic mass is 19.1. The van der Waals surface area contributed by atoms with Crippen molar-refractivity contribution in [2.45, 2.75) is 32.0 Å². The van der Waals surface area contributed by atoms with Crippen molar-refractivity contribution in [1.82, 2.24) is 39.6 Å². The van der Waals surface area contributed by atoms with Gasteiger partial charge in [0.1, 0.15) is 11.5 Å². The van der Waals surface area contributed by atoms with Crippen LogP contribution >= 0.6 is 0 Å². The third-order valence-corrected chi connectivity index (χ3v) is 7.10. The molecule has 0 radical (unpaired) electrons. The predicted octanol–water partition coefficient (Wildman–Crippen LogP) is 3.87. The van der Waals surface area contributed by atoms with Gasteiger partial charge >= 0.3 is 6.03 Å². The highest BCUT2D eigenvalue weighted by molar-refractivity contribution is 6.03. The highest BCUT2D eigenvalue weighted by Crippen LogP contribution is 2.36. The molecule has 1 aliphatic carbocycles. The third kappa shape index (κ3) is 4.86. The molecule has 206 valence electrons. The summed E-state index contributed by atoms with van der Waals surface area (Å²) in [6, 6.07) is 12.2. The smallest absolute Gasteiger partial charge is 0.318 e. The maximum atomic E-state index is 13.7. The SMILES string of the molecule is O=C(Nc1cn2nc(-c3c(-c4ccc(F)cc4)nn4c3CN(C(=O)NC3CC3)CC4)ccc2n1)c1ccnc(F)c1. The fourth-order valence-electron chi connectivity index (χ4n) is 4.87. The zero-order valence-corrected chi connectivity index (χ0v) is 21.6. The highest BCUT2D eigenvalue weighted by Gasteiger charge is 2.31. The van der Waals surface area contributed by atoms with Crippen LogP contribution in [0.25, 0.3) is 28.2 Å². The third-order valence-electron chi connectivity index (χ3n) is 7.10. The number of halogens is 2. The van der Waals surface area contributed by atoms with Crippen molar-refractivity contribution in [3.8, 4) is 22.5 Å². The lowest BCUT2D eigenvalue weighted by molar-refractivity contribution is 0.102. The van der Waals surface area contributed by atoms with Gasteiger partial charge in [-0.1, -0.05) is 0 Å². The van der Waals surface area contributed by atoms with E-state index in [-0.39, 0.29) is 29.3 Å². The lowest BCUT2D eigenvalue weighted by Crippen LogP contribution is -2.45. The minimum atomic E-state index is -0.760. The molecule has 4 aromatic heterocycles. The van der Waals surface area contributed by atoms with Gasteiger partial charge < -0.3 is 15.5 Å². The quantitative estimate of drug-likeness (QED) is 0.318. The summed E-state index contributed by atoms with van der Waals surface area (Å²) < 4.78 is 30.6. The molecule has 5 aromatic rings. The van der Waals surface area contributed by atoms with E-state index in [4.69, 9.17) is 10.2 Å². The molecule has 0 atom stereocenters. The van der Waals surface area contributed by atoms with Crippen LogP contribution in [-0.2, 0) is 13.1 Å². The fourth-order valence-corrected chi connectivity index (χ4v) is 4.87. The Morgan fingerprint density at radius 3 is 2.59 bits per heavy atom. The lowest BCUT2D eigenvalue weighted by Gasteiger charge is -2.28. The Morgan fingerprint density at radius 1 is 0.976 bits per heavy atom. The number of carbonyl (C=O) groups excluding carboxylic acids is 2. The zero-order chi connectivity index (χ0) is 28.1. The standard InChI is InChI=1S/C28H23F2N9O2/c29-18-3-1-16(2-4-18)26-25(21-14-37(11-12-38(21)36-26)28(41)32-19-5-6-19)20-7-8-24-33-23(15-39(24)35-20)34-27(40)17-9-10-31-22(30)13-17/h1-4,7-10,13,15,19H,5-6,11-12,14H2,(H,32,41)(H,34,40). The molecule has 0 unspecified atom stereocenters. The van der Waals surface area contributed by atoms with Crippen LogP contribution in [0.2, 0.25) is 0 Å². The molecular formula is C28H23F2N9O2. The van der Waals surface area contributed by atoms with Crippen molar-refractivity contribution in [3.05, 3.63) is 83.9 Å². The van der Waals surface area contributed by atoms with E-state index in [1.54, 1.807) is 35.4 Å². The summed E-state index contributed by atoms with van der Waals surface area (Å²) in [6.07, 6.45) is 4.75. The number of amides is 3. The Bertz CT molecular complexity index is 1810. The van der Waals surface area contributed by atoms with E-state index in [0.29, 0.717) is 47.8 Å². The Hall–Kier alpha value is -5.20. The van der Waals surface area contributed by atoms with Crippen LogP contribution < -0.4 is 10.6 Å². The van der Waals surface area contributed by atoms with Crippen molar-refractivity contribution >= 4 is 23.4 Å². The average Bonchev–Trinajstić information content (AvgIpc) is 3.56. The maximum Gasteiger partial charge on any atom is 0.318 e. The second-order valence-electron chi connectivity index (χ2n) is 10.0. The summed E-state index contributed by atoms with van der Waals surface area (Å²) in [7, 11) is 0. The topological polar surface area (TPSA) is 122 Å². The van der Waals surface area contributed by atoms with Gasteiger partial charge in [0, 0.05) is 36.0 Å². The molecule has 1 aromatic carbocycles. The van der Waals surface area contributed by atoms with Crippen molar-refractivity contribution in [2.75, 3.05) is 11.9 Å². The molecule has 2 N–H and O–H groups in total. The second-order valence-corrected chi connectivity index (χ2v) is 10.0. The summed E-state index contributed by atoms with van der Waals surface area (Å²) in [6.45, 7) is 1.34. The number of fused-ring (bicyclic) bond motifs is 2. The summed E-state index contributed by atoms with van der Waals surface area (Å²) in [5.74, 6) is -1.42. The van der Waals surface area contributed by atoms with Crippen molar-refractivity contribution < 1.29 is 18.4 Å². The number of imidazole rings is 1. The molecule has 0 saturated heterocycles. The molecule has 1 saturated carbocycles. The van der Waals surface area contributed by atoms with E-state index in [0.717, 1.165) is 24.6 Å². The van der Waals surface area contributed by atoms with Crippen molar-refractivity contribution in [3.63, 3.8) is 0 Å². The Kier molecular flexibility index (Phi) is 5.91. The van der Waals surface area contributed by atoms with E-state index in [9.17, 15) is 18.4 Å². The Labute approximate surface area is 231 Å². The predicted molar refractivity (Wildman–Crippen MR) is 144 cm³/mol. The number of urea groups is 1. The number of benzene rings is 1. The van der Waals surface area contributed by atoms with Gasteiger partial charge in [-0.15, -0.1) is 0 Å². The number of nitrogens with one attached hydrogen (secondary N) is 2. The second kappa shape index (κ2) is 9.77. The Morgan fingerprint density at radius 2 is 1.80 bits per heavy atom. The molecule has 3 amide bonds. The fraction of sp³-hybridized carbons (Fsp3) is 0.214. The summed E-state index contributed by atoms with van der Waals surface area (Å²) in [5.41, 5.74) is 3.99. The molecule has 1 aliphatic heterocycles. The lowest BCUT2D eigenvalue weighted by atomic mass is 10.0. The van der Waals surface area contributed by atoms with Gasteiger partial charge in [0.2, 0.25) is 5.95 Å². The number of hydrogen-bond acceptors (Lipinski definition) is 6. The number of anilines is 1. The first-order chi connectivity index (χ1) is 19.9. The summed E-state index contributed by atoms with van der Waals surface area (Å²) >= 11 is 0. The van der Waals surface area contributed by atoms with E-state index in [1.807, 2.05) is 4.68 Å². The van der Waals surface area contributed by atoms with Gasteiger partial charge in [0.05, 0.1) is 36.2 Å². The van der Waals surface area contributed by atoms with Gasteiger partial charge in [0.15, 0.2) is 11.5 Å². The molecule has 13 heteroatoms. The maximum absolute atomic E-state index is 13.7. The van der Waals surface area contributed by atoms with Gasteiger partial charge in [0.25, 0.3) is 5.91 Å². The zero-order valence-electron chi connectivity index (χ0n) is 21.6. The Balaban J connectivity index is 1.25. The number of pyridine rings is 1. The molecule has 2 aliphatic rings. The van der Waals surface area contributed by atoms with E-state index >= 15 is 0 Å². The van der Waals surface area contributed by atoms with Crippen LogP contribution in [0.3, 0.4) is 0 Å². The van der Waals surface area contributed by atoms with E-state index < -0.39 is 11.9 Å². The van der Waals surface area contributed by atoms with Gasteiger partial charge in [-0.25, -0.2) is 23.7 Å². The van der Waals surface area contributed by atoms with Crippen LogP contribution in [0, 0.1) is 11.8 Å². The first kappa shape index (κ1) is 24.8. The van der Waals surface area contributed by atoms with Crippen molar-refractivity contribution in [1.29, 1.82) is 0 Å². The summed E-state index contributed by atoms with van der Waals surface area (Å²) in [4.78, 5) is 35.1. The van der Waals surface area contributed by atoms with Crippen molar-refractivity contribution in [2.24, 2.45) is 0 Å². The van der Waals surface area contributed by atoms with Gasteiger partial charge in [-0.2, -0.15) is 14.6 Å². The molecule has 11 nitrogen and oxygen atoms in total. The van der Waals surface area contributed by atoms with Gasteiger partial charge in [-0.3, -0.25) is 9.48 Å². The number of aromatic nitrogens is 6. The molecule has 0 spiro atoms. The normalized spacial score (nSPS) is 14.6. The largest absolute Gasteiger partial charge is 0.335 e. The van der Waals surface area contributed by atoms with Crippen LogP contribution in [-0.4, -0.2) is 58.8 Å². The number of rotatable bonds is 5. The van der Waals surface area contributed by atoms with Crippen LogP contribution in [0.4, 0.5) is 19.4 Å². The first-order valence-electron chi connectivity index (χ1n) is 13.1. The molecule has 7 rings (SSSR count). The monoisotopic (exact) mass is 555 g/mol. The van der Waals surface area contributed by atoms with E-state index in [1.165, 1.54) is 28.9 Å². The number of hydrogen-bond donors (Lipinski definition) is 2.